The smallest absolute Gasteiger partial charge is 0.164 e. The van der Waals surface area contributed by atoms with Crippen LogP contribution in [0.4, 0.5) is 0 Å². The van der Waals surface area contributed by atoms with Crippen LogP contribution in [0, 0.1) is 0 Å². The predicted octanol–water partition coefficient (Wildman–Crippen LogP) is 3.17. The second-order valence-electron chi connectivity index (χ2n) is 7.96. The van der Waals surface area contributed by atoms with Gasteiger partial charge in [-0.05, 0) is 47.3 Å². The largest absolute Gasteiger partial charge is 0.379 e. The van der Waals surface area contributed by atoms with Gasteiger partial charge in [0.15, 0.2) is 12.1 Å². The van der Waals surface area contributed by atoms with Crippen molar-refractivity contribution in [2.75, 3.05) is 40.5 Å². The average Bonchev–Trinajstić information content (AvgIpc) is 2.89. The van der Waals surface area contributed by atoms with Gasteiger partial charge >= 0.3 is 0 Å². The molecule has 6 nitrogen and oxygen atoms in total. The molecule has 1 aliphatic rings. The van der Waals surface area contributed by atoms with Crippen LogP contribution >= 0.6 is 0 Å². The van der Waals surface area contributed by atoms with Gasteiger partial charge in [0.05, 0.1) is 12.7 Å². The van der Waals surface area contributed by atoms with Gasteiger partial charge in [0.25, 0.3) is 0 Å². The molecule has 0 aromatic rings. The zero-order chi connectivity index (χ0) is 19.4. The molecular weight excluding hydrogens is 334 g/mol. The van der Waals surface area contributed by atoms with E-state index in [2.05, 4.69) is 25.9 Å². The Morgan fingerprint density at radius 3 is 2.46 bits per heavy atom. The van der Waals surface area contributed by atoms with Crippen molar-refractivity contribution in [2.24, 2.45) is 0 Å². The van der Waals surface area contributed by atoms with Crippen LogP contribution in [0.5, 0.6) is 0 Å². The molecule has 1 heterocycles. The summed E-state index contributed by atoms with van der Waals surface area (Å²) in [6.45, 7) is 8.41. The second kappa shape index (κ2) is 13.0. The fraction of sp³-hybridized carbons (Fsp3) is 1.00. The van der Waals surface area contributed by atoms with Gasteiger partial charge < -0.3 is 29.0 Å². The molecule has 0 aromatic carbocycles. The number of unbranched alkanes of at least 4 members (excludes halogenated alkanes) is 4. The van der Waals surface area contributed by atoms with E-state index in [9.17, 15) is 5.11 Å². The number of ether oxygens (including phenoxy) is 4. The molecule has 0 bridgehead atoms. The highest BCUT2D eigenvalue weighted by molar-refractivity contribution is 4.80. The Morgan fingerprint density at radius 2 is 1.81 bits per heavy atom. The third kappa shape index (κ3) is 11.5. The van der Waals surface area contributed by atoms with Crippen LogP contribution in [-0.2, 0) is 18.9 Å². The van der Waals surface area contributed by atoms with Gasteiger partial charge in [0.2, 0.25) is 0 Å². The Balaban J connectivity index is 2.34. The molecule has 156 valence electrons. The van der Waals surface area contributed by atoms with Crippen molar-refractivity contribution in [1.82, 2.24) is 4.90 Å². The van der Waals surface area contributed by atoms with E-state index in [1.165, 1.54) is 25.7 Å². The Bertz CT molecular complexity index is 346. The van der Waals surface area contributed by atoms with Crippen LogP contribution in [0.2, 0.25) is 0 Å². The zero-order valence-electron chi connectivity index (χ0n) is 17.5. The Kier molecular flexibility index (Phi) is 11.9. The van der Waals surface area contributed by atoms with E-state index in [4.69, 9.17) is 18.9 Å². The quantitative estimate of drug-likeness (QED) is 0.350. The number of nitrogens with zero attached hydrogens (tertiary/aromatic N) is 1. The van der Waals surface area contributed by atoms with Crippen molar-refractivity contribution in [2.45, 2.75) is 90.0 Å². The Hall–Kier alpha value is -0.240. The molecule has 6 heteroatoms. The van der Waals surface area contributed by atoms with Crippen molar-refractivity contribution in [3.8, 4) is 0 Å². The number of aliphatic hydroxyl groups is 1. The Labute approximate surface area is 160 Å². The molecule has 3 atom stereocenters. The molecule has 0 amide bonds. The van der Waals surface area contributed by atoms with Gasteiger partial charge in [-0.3, -0.25) is 0 Å². The number of hydrogen-bond acceptors (Lipinski definition) is 6. The molecule has 1 aliphatic heterocycles. The first-order valence-electron chi connectivity index (χ1n) is 10.2. The first-order chi connectivity index (χ1) is 12.3. The maximum Gasteiger partial charge on any atom is 0.164 e. The van der Waals surface area contributed by atoms with Crippen LogP contribution in [0.3, 0.4) is 0 Å². The summed E-state index contributed by atoms with van der Waals surface area (Å²) in [5.41, 5.74) is 0. The van der Waals surface area contributed by atoms with E-state index in [1.54, 1.807) is 13.8 Å². The van der Waals surface area contributed by atoms with E-state index >= 15 is 0 Å². The average molecular weight is 376 g/mol. The van der Waals surface area contributed by atoms with Gasteiger partial charge in [-0.15, -0.1) is 0 Å². The van der Waals surface area contributed by atoms with E-state index in [1.807, 2.05) is 0 Å². The fourth-order valence-electron chi connectivity index (χ4n) is 3.02. The highest BCUT2D eigenvalue weighted by atomic mass is 16.8. The summed E-state index contributed by atoms with van der Waals surface area (Å²) >= 11 is 0. The molecule has 1 saturated heterocycles. The third-order valence-corrected chi connectivity index (χ3v) is 4.34. The van der Waals surface area contributed by atoms with Gasteiger partial charge in [-0.1, -0.05) is 32.6 Å². The lowest BCUT2D eigenvalue weighted by Gasteiger charge is -2.23. The molecule has 0 spiro atoms. The number of hydrogen-bond donors (Lipinski definition) is 1. The van der Waals surface area contributed by atoms with E-state index in [-0.39, 0.29) is 12.2 Å². The summed E-state index contributed by atoms with van der Waals surface area (Å²) in [4.78, 5) is 2.15. The van der Waals surface area contributed by atoms with Crippen LogP contribution in [0.1, 0.15) is 65.7 Å². The maximum atomic E-state index is 9.87. The lowest BCUT2D eigenvalue weighted by atomic mass is 10.1. The predicted molar refractivity (Wildman–Crippen MR) is 103 cm³/mol. The van der Waals surface area contributed by atoms with Gasteiger partial charge in [-0.2, -0.15) is 0 Å². The van der Waals surface area contributed by atoms with Crippen molar-refractivity contribution in [1.29, 1.82) is 0 Å². The van der Waals surface area contributed by atoms with E-state index in [0.29, 0.717) is 19.6 Å². The molecule has 26 heavy (non-hydrogen) atoms. The molecular formula is C20H41NO5. The molecule has 1 N–H and O–H groups in total. The highest BCUT2D eigenvalue weighted by Crippen LogP contribution is 2.27. The highest BCUT2D eigenvalue weighted by Gasteiger charge is 2.38. The Morgan fingerprint density at radius 1 is 1.08 bits per heavy atom. The van der Waals surface area contributed by atoms with Crippen molar-refractivity contribution >= 4 is 0 Å². The SMILES string of the molecule is CCCCCCCO[C@@H]1C[C@@H](OC(C)(C)O)O[C@@H]1COCCCN(C)C. The summed E-state index contributed by atoms with van der Waals surface area (Å²) in [6, 6.07) is 0. The normalized spacial score (nSPS) is 23.9. The standard InChI is InChI=1S/C20H41NO5/c1-6-7-8-9-10-14-24-17-15-19(26-20(2,3)22)25-18(17)16-23-13-11-12-21(4)5/h17-19,22H,6-16H2,1-5H3/t17-,18-,19-/m1/s1. The monoisotopic (exact) mass is 375 g/mol. The minimum Gasteiger partial charge on any atom is -0.379 e. The molecule has 0 radical (unpaired) electrons. The first-order valence-corrected chi connectivity index (χ1v) is 10.2. The fourth-order valence-corrected chi connectivity index (χ4v) is 3.02. The van der Waals surface area contributed by atoms with Crippen molar-refractivity contribution < 1.29 is 24.1 Å². The lowest BCUT2D eigenvalue weighted by molar-refractivity contribution is -0.270. The molecule has 0 aromatic heterocycles. The summed E-state index contributed by atoms with van der Waals surface area (Å²) in [5.74, 6) is -1.21. The molecule has 1 fully saturated rings. The lowest BCUT2D eigenvalue weighted by Crippen LogP contribution is -2.31. The number of rotatable bonds is 15. The van der Waals surface area contributed by atoms with Crippen molar-refractivity contribution in [3.05, 3.63) is 0 Å². The first kappa shape index (κ1) is 23.8. The summed E-state index contributed by atoms with van der Waals surface area (Å²) < 4.78 is 23.3. The third-order valence-electron chi connectivity index (χ3n) is 4.34. The van der Waals surface area contributed by atoms with E-state index in [0.717, 1.165) is 26.0 Å². The zero-order valence-corrected chi connectivity index (χ0v) is 17.5. The molecule has 0 unspecified atom stereocenters. The van der Waals surface area contributed by atoms with Gasteiger partial charge in [-0.25, -0.2) is 0 Å². The maximum absolute atomic E-state index is 9.87. The van der Waals surface area contributed by atoms with Crippen LogP contribution < -0.4 is 0 Å². The van der Waals surface area contributed by atoms with Crippen LogP contribution in [0.25, 0.3) is 0 Å². The summed E-state index contributed by atoms with van der Waals surface area (Å²) in [5, 5.41) is 9.87. The molecule has 0 saturated carbocycles. The van der Waals surface area contributed by atoms with Crippen molar-refractivity contribution in [3.63, 3.8) is 0 Å². The van der Waals surface area contributed by atoms with Gasteiger partial charge in [0.1, 0.15) is 6.10 Å². The van der Waals surface area contributed by atoms with Gasteiger partial charge in [0, 0.05) is 19.6 Å². The minimum absolute atomic E-state index is 0.0395. The van der Waals surface area contributed by atoms with E-state index < -0.39 is 12.1 Å². The summed E-state index contributed by atoms with van der Waals surface area (Å²) in [6.07, 6.45) is 7.08. The summed E-state index contributed by atoms with van der Waals surface area (Å²) in [7, 11) is 4.12. The minimum atomic E-state index is -1.21. The van der Waals surface area contributed by atoms with Crippen LogP contribution in [0.15, 0.2) is 0 Å². The second-order valence-corrected chi connectivity index (χ2v) is 7.96. The molecule has 1 rings (SSSR count). The molecule has 0 aliphatic carbocycles. The van der Waals surface area contributed by atoms with Crippen LogP contribution in [-0.4, -0.2) is 74.8 Å². The topological polar surface area (TPSA) is 60.4 Å².